The molecule has 0 aromatic heterocycles. The lowest BCUT2D eigenvalue weighted by Gasteiger charge is -2.11. The van der Waals surface area contributed by atoms with Crippen LogP contribution < -0.4 is 14.8 Å². The van der Waals surface area contributed by atoms with Gasteiger partial charge in [0.1, 0.15) is 18.1 Å². The van der Waals surface area contributed by atoms with E-state index in [-0.39, 0.29) is 24.0 Å². The molecule has 0 aliphatic carbocycles. The van der Waals surface area contributed by atoms with Crippen molar-refractivity contribution in [2.24, 2.45) is 0 Å². The molecule has 0 spiro atoms. The van der Waals surface area contributed by atoms with Gasteiger partial charge in [-0.1, -0.05) is 17.7 Å². The van der Waals surface area contributed by atoms with Gasteiger partial charge in [-0.3, -0.25) is 0 Å². The van der Waals surface area contributed by atoms with Crippen LogP contribution in [0.3, 0.4) is 0 Å². The number of aliphatic hydroxyl groups excluding tert-OH is 1. The Balaban J connectivity index is 1.91. The summed E-state index contributed by atoms with van der Waals surface area (Å²) in [5.74, 6) is 0.622. The predicted molar refractivity (Wildman–Crippen MR) is 84.4 cm³/mol. The fourth-order valence-electron chi connectivity index (χ4n) is 1.88. The van der Waals surface area contributed by atoms with Gasteiger partial charge in [0.15, 0.2) is 0 Å². The third-order valence-corrected chi connectivity index (χ3v) is 3.22. The van der Waals surface area contributed by atoms with Crippen molar-refractivity contribution in [3.63, 3.8) is 0 Å². The van der Waals surface area contributed by atoms with Crippen LogP contribution in [0.1, 0.15) is 5.56 Å². The number of hydrogen-bond donors (Lipinski definition) is 2. The summed E-state index contributed by atoms with van der Waals surface area (Å²) in [4.78, 5) is 0. The third-order valence-electron chi connectivity index (χ3n) is 2.92. The summed E-state index contributed by atoms with van der Waals surface area (Å²) >= 11 is 5.90. The normalized spacial score (nSPS) is 10.7. The Morgan fingerprint density at radius 3 is 2.48 bits per heavy atom. The topological polar surface area (TPSA) is 50.7 Å². The Bertz CT molecular complexity index is 623. The molecule has 2 N–H and O–H groups in total. The van der Waals surface area contributed by atoms with Crippen molar-refractivity contribution < 1.29 is 23.4 Å². The number of ether oxygens (including phenoxy) is 2. The molecule has 23 heavy (non-hydrogen) atoms. The molecule has 2 aromatic carbocycles. The average Bonchev–Trinajstić information content (AvgIpc) is 2.54. The van der Waals surface area contributed by atoms with E-state index in [1.54, 1.807) is 24.3 Å². The van der Waals surface area contributed by atoms with Crippen molar-refractivity contribution in [2.45, 2.75) is 13.2 Å². The molecule has 0 aliphatic rings. The largest absolute Gasteiger partial charge is 0.491 e. The molecule has 0 saturated carbocycles. The number of hydrogen-bond acceptors (Lipinski definition) is 4. The first-order valence-electron chi connectivity index (χ1n) is 6.89. The number of nitrogens with one attached hydrogen (secondary N) is 1. The molecule has 0 bridgehead atoms. The van der Waals surface area contributed by atoms with Crippen molar-refractivity contribution >= 4 is 17.3 Å². The van der Waals surface area contributed by atoms with Gasteiger partial charge in [-0.15, -0.1) is 0 Å². The van der Waals surface area contributed by atoms with E-state index in [0.29, 0.717) is 12.3 Å². The van der Waals surface area contributed by atoms with Gasteiger partial charge in [0.2, 0.25) is 0 Å². The molecule has 2 rings (SSSR count). The number of anilines is 1. The van der Waals surface area contributed by atoms with Crippen LogP contribution in [0.25, 0.3) is 0 Å². The highest BCUT2D eigenvalue weighted by Gasteiger charge is 2.09. The van der Waals surface area contributed by atoms with Crippen LogP contribution in [0.4, 0.5) is 14.5 Å². The van der Waals surface area contributed by atoms with E-state index < -0.39 is 6.61 Å². The maximum absolute atomic E-state index is 12.2. The van der Waals surface area contributed by atoms with Crippen LogP contribution in [-0.4, -0.2) is 24.9 Å². The number of benzene rings is 2. The first-order chi connectivity index (χ1) is 11.1. The monoisotopic (exact) mass is 343 g/mol. The Morgan fingerprint density at radius 2 is 1.87 bits per heavy atom. The minimum absolute atomic E-state index is 0.0357. The molecule has 0 heterocycles. The molecule has 7 heteroatoms. The van der Waals surface area contributed by atoms with E-state index in [2.05, 4.69) is 10.1 Å². The van der Waals surface area contributed by atoms with Gasteiger partial charge in [-0.25, -0.2) is 0 Å². The van der Waals surface area contributed by atoms with Crippen LogP contribution in [-0.2, 0) is 6.54 Å². The molecule has 0 radical (unpaired) electrons. The molecular formula is C16H16ClF2NO3. The molecule has 0 unspecified atom stereocenters. The van der Waals surface area contributed by atoms with Crippen LogP contribution in [0.15, 0.2) is 42.5 Å². The van der Waals surface area contributed by atoms with Gasteiger partial charge in [0, 0.05) is 12.2 Å². The maximum atomic E-state index is 12.2. The van der Waals surface area contributed by atoms with Crippen molar-refractivity contribution in [3.05, 3.63) is 53.1 Å². The van der Waals surface area contributed by atoms with Gasteiger partial charge in [0.05, 0.1) is 11.6 Å². The van der Waals surface area contributed by atoms with E-state index in [1.165, 1.54) is 6.07 Å². The lowest BCUT2D eigenvalue weighted by molar-refractivity contribution is -0.0497. The summed E-state index contributed by atoms with van der Waals surface area (Å²) < 4.78 is 33.9. The molecular weight excluding hydrogens is 328 g/mol. The lowest BCUT2D eigenvalue weighted by Crippen LogP contribution is -2.04. The fourth-order valence-corrected chi connectivity index (χ4v) is 2.13. The molecule has 0 atom stereocenters. The smallest absolute Gasteiger partial charge is 0.387 e. The zero-order valence-corrected chi connectivity index (χ0v) is 12.9. The van der Waals surface area contributed by atoms with Gasteiger partial charge >= 0.3 is 6.61 Å². The fraction of sp³-hybridized carbons (Fsp3) is 0.250. The highest BCUT2D eigenvalue weighted by atomic mass is 35.5. The summed E-state index contributed by atoms with van der Waals surface area (Å²) in [7, 11) is 0. The van der Waals surface area contributed by atoms with Crippen molar-refractivity contribution in [3.8, 4) is 11.5 Å². The molecule has 0 aliphatic heterocycles. The second-order valence-corrected chi connectivity index (χ2v) is 5.00. The van der Waals surface area contributed by atoms with Crippen molar-refractivity contribution in [1.29, 1.82) is 0 Å². The van der Waals surface area contributed by atoms with Crippen molar-refractivity contribution in [1.82, 2.24) is 0 Å². The summed E-state index contributed by atoms with van der Waals surface area (Å²) in [6.07, 6.45) is 0. The molecule has 0 amide bonds. The van der Waals surface area contributed by atoms with Crippen LogP contribution >= 0.6 is 11.6 Å². The van der Waals surface area contributed by atoms with Crippen LogP contribution in [0.5, 0.6) is 11.5 Å². The average molecular weight is 344 g/mol. The number of halogens is 3. The standard InChI is InChI=1S/C16H16ClF2NO3/c17-14-9-11(1-6-15(14)23-16(18)19)10-20-12-2-4-13(5-3-12)22-8-7-21/h1-6,9,16,20-21H,7-8,10H2. The Kier molecular flexibility index (Phi) is 6.43. The summed E-state index contributed by atoms with van der Waals surface area (Å²) in [6.45, 7) is -2.21. The van der Waals surface area contributed by atoms with Gasteiger partial charge in [-0.05, 0) is 42.0 Å². The van der Waals surface area contributed by atoms with E-state index >= 15 is 0 Å². The van der Waals surface area contributed by atoms with Gasteiger partial charge in [0.25, 0.3) is 0 Å². The molecule has 0 fully saturated rings. The zero-order chi connectivity index (χ0) is 16.7. The SMILES string of the molecule is OCCOc1ccc(NCc2ccc(OC(F)F)c(Cl)c2)cc1. The Morgan fingerprint density at radius 1 is 1.13 bits per heavy atom. The highest BCUT2D eigenvalue weighted by Crippen LogP contribution is 2.27. The second-order valence-electron chi connectivity index (χ2n) is 4.59. The second kappa shape index (κ2) is 8.55. The Hall–Kier alpha value is -2.05. The Labute approximate surface area is 137 Å². The van der Waals surface area contributed by atoms with E-state index in [4.69, 9.17) is 21.4 Å². The highest BCUT2D eigenvalue weighted by molar-refractivity contribution is 6.32. The third kappa shape index (κ3) is 5.58. The van der Waals surface area contributed by atoms with Crippen LogP contribution in [0.2, 0.25) is 5.02 Å². The lowest BCUT2D eigenvalue weighted by atomic mass is 10.2. The summed E-state index contributed by atoms with van der Waals surface area (Å²) in [5, 5.41) is 12.0. The quantitative estimate of drug-likeness (QED) is 0.762. The first kappa shape index (κ1) is 17.3. The number of rotatable bonds is 8. The molecule has 2 aromatic rings. The predicted octanol–water partition coefficient (Wildman–Crippen LogP) is 3.92. The summed E-state index contributed by atoms with van der Waals surface area (Å²) in [6, 6.07) is 11.9. The maximum Gasteiger partial charge on any atom is 0.387 e. The molecule has 124 valence electrons. The number of aliphatic hydroxyl groups is 1. The van der Waals surface area contributed by atoms with E-state index in [9.17, 15) is 8.78 Å². The molecule has 0 saturated heterocycles. The summed E-state index contributed by atoms with van der Waals surface area (Å²) in [5.41, 5.74) is 1.70. The minimum Gasteiger partial charge on any atom is -0.491 e. The molecule has 4 nitrogen and oxygen atoms in total. The van der Waals surface area contributed by atoms with E-state index in [0.717, 1.165) is 11.3 Å². The van der Waals surface area contributed by atoms with E-state index in [1.807, 2.05) is 12.1 Å². The zero-order valence-electron chi connectivity index (χ0n) is 12.1. The van der Waals surface area contributed by atoms with Gasteiger partial charge < -0.3 is 19.9 Å². The van der Waals surface area contributed by atoms with Gasteiger partial charge in [-0.2, -0.15) is 8.78 Å². The number of alkyl halides is 2. The van der Waals surface area contributed by atoms with Crippen LogP contribution in [0, 0.1) is 0 Å². The minimum atomic E-state index is -2.90. The van der Waals surface area contributed by atoms with Crippen molar-refractivity contribution in [2.75, 3.05) is 18.5 Å². The first-order valence-corrected chi connectivity index (χ1v) is 7.27.